The van der Waals surface area contributed by atoms with Crippen molar-refractivity contribution >= 4 is 0 Å². The molecule has 0 fully saturated rings. The third kappa shape index (κ3) is 5.02. The van der Waals surface area contributed by atoms with Gasteiger partial charge in [0.25, 0.3) is 0 Å². The van der Waals surface area contributed by atoms with Crippen LogP contribution in [0.15, 0.2) is 11.6 Å². The van der Waals surface area contributed by atoms with E-state index in [1.165, 1.54) is 5.57 Å². The van der Waals surface area contributed by atoms with E-state index in [9.17, 15) is 0 Å². The molecule has 0 heterocycles. The molecule has 1 nitrogen and oxygen atoms in total. The van der Waals surface area contributed by atoms with E-state index in [0.717, 1.165) is 6.42 Å². The molecule has 11 heavy (non-hydrogen) atoms. The van der Waals surface area contributed by atoms with Crippen molar-refractivity contribution in [3.05, 3.63) is 11.6 Å². The molecule has 0 saturated carbocycles. The van der Waals surface area contributed by atoms with Crippen LogP contribution in [0.1, 0.15) is 34.1 Å². The normalized spacial score (nSPS) is 13.2. The van der Waals surface area contributed by atoms with Crippen molar-refractivity contribution in [2.45, 2.75) is 34.1 Å². The summed E-state index contributed by atoms with van der Waals surface area (Å²) in [6.45, 7) is 8.81. The van der Waals surface area contributed by atoms with Crippen LogP contribution in [0.2, 0.25) is 0 Å². The predicted molar refractivity (Wildman–Crippen MR) is 49.5 cm³/mol. The van der Waals surface area contributed by atoms with Gasteiger partial charge in [-0.25, -0.2) is 0 Å². The Morgan fingerprint density at radius 3 is 2.09 bits per heavy atom. The van der Waals surface area contributed by atoms with Crippen molar-refractivity contribution in [3.63, 3.8) is 0 Å². The molecule has 0 amide bonds. The van der Waals surface area contributed by atoms with Gasteiger partial charge in [0.05, 0.1) is 6.61 Å². The maximum Gasteiger partial charge on any atom is 0.0644 e. The Labute approximate surface area is 70.1 Å². The molecule has 0 aliphatic heterocycles. The molecule has 0 rings (SSSR count). The minimum atomic E-state index is 0.213. The highest BCUT2D eigenvalue weighted by molar-refractivity contribution is 5.04. The lowest BCUT2D eigenvalue weighted by molar-refractivity contribution is 0.317. The molecule has 0 spiro atoms. The zero-order valence-electron chi connectivity index (χ0n) is 8.09. The van der Waals surface area contributed by atoms with Crippen LogP contribution in [-0.2, 0) is 0 Å². The molecule has 66 valence electrons. The molecule has 0 radical (unpaired) electrons. The van der Waals surface area contributed by atoms with Gasteiger partial charge < -0.3 is 5.11 Å². The van der Waals surface area contributed by atoms with Crippen molar-refractivity contribution in [1.29, 1.82) is 0 Å². The van der Waals surface area contributed by atoms with Crippen LogP contribution in [-0.4, -0.2) is 11.7 Å². The molecule has 0 aromatic heterocycles. The first-order valence-electron chi connectivity index (χ1n) is 4.37. The third-order valence-electron chi connectivity index (χ3n) is 1.78. The molecule has 0 unspecified atom stereocenters. The lowest BCUT2D eigenvalue weighted by Crippen LogP contribution is -1.99. The van der Waals surface area contributed by atoms with Crippen molar-refractivity contribution in [1.82, 2.24) is 0 Å². The number of hydrogen-bond donors (Lipinski definition) is 1. The Balaban J connectivity index is 3.91. The van der Waals surface area contributed by atoms with Crippen molar-refractivity contribution in [3.8, 4) is 0 Å². The number of hydrogen-bond acceptors (Lipinski definition) is 1. The smallest absolute Gasteiger partial charge is 0.0644 e. The number of allylic oxidation sites excluding steroid dienone is 1. The summed E-state index contributed by atoms with van der Waals surface area (Å²) >= 11 is 0. The zero-order valence-corrected chi connectivity index (χ0v) is 8.09. The van der Waals surface area contributed by atoms with Gasteiger partial charge in [0.2, 0.25) is 0 Å². The fourth-order valence-corrected chi connectivity index (χ4v) is 0.870. The second kappa shape index (κ2) is 5.36. The number of rotatable bonds is 4. The summed E-state index contributed by atoms with van der Waals surface area (Å²) in [6.07, 6.45) is 3.24. The van der Waals surface area contributed by atoms with Gasteiger partial charge in [-0.15, -0.1) is 0 Å². The summed E-state index contributed by atoms with van der Waals surface area (Å²) in [5.74, 6) is 1.18. The Morgan fingerprint density at radius 2 is 1.82 bits per heavy atom. The standard InChI is InChI=1S/C10H20O/c1-8(2)5-6-10(7-11)9(3)4/h6,8-9,11H,5,7H2,1-4H3/b10-6+. The molecule has 0 bridgehead atoms. The van der Waals surface area contributed by atoms with Crippen molar-refractivity contribution in [2.24, 2.45) is 11.8 Å². The number of aliphatic hydroxyl groups excluding tert-OH is 1. The van der Waals surface area contributed by atoms with E-state index >= 15 is 0 Å². The van der Waals surface area contributed by atoms with E-state index in [1.807, 2.05) is 0 Å². The maximum atomic E-state index is 8.94. The van der Waals surface area contributed by atoms with E-state index < -0.39 is 0 Å². The Morgan fingerprint density at radius 1 is 1.27 bits per heavy atom. The molecule has 0 aromatic rings. The number of aliphatic hydroxyl groups is 1. The highest BCUT2D eigenvalue weighted by Gasteiger charge is 2.00. The molecular formula is C10H20O. The summed E-state index contributed by atoms with van der Waals surface area (Å²) in [5.41, 5.74) is 1.17. The Bertz CT molecular complexity index is 123. The van der Waals surface area contributed by atoms with Gasteiger partial charge in [-0.1, -0.05) is 33.8 Å². The fourth-order valence-electron chi connectivity index (χ4n) is 0.870. The molecular weight excluding hydrogens is 136 g/mol. The third-order valence-corrected chi connectivity index (χ3v) is 1.78. The van der Waals surface area contributed by atoms with Crippen molar-refractivity contribution in [2.75, 3.05) is 6.61 Å². The van der Waals surface area contributed by atoms with Crippen LogP contribution in [0.3, 0.4) is 0 Å². The highest BCUT2D eigenvalue weighted by atomic mass is 16.3. The monoisotopic (exact) mass is 156 g/mol. The van der Waals surface area contributed by atoms with Crippen molar-refractivity contribution < 1.29 is 5.11 Å². The van der Waals surface area contributed by atoms with Gasteiger partial charge >= 0.3 is 0 Å². The molecule has 0 aliphatic carbocycles. The molecule has 0 aliphatic rings. The molecule has 0 atom stereocenters. The van der Waals surface area contributed by atoms with Gasteiger partial charge in [0.1, 0.15) is 0 Å². The first-order valence-corrected chi connectivity index (χ1v) is 4.37. The van der Waals surface area contributed by atoms with Crippen LogP contribution in [0, 0.1) is 11.8 Å². The van der Waals surface area contributed by atoms with E-state index in [4.69, 9.17) is 5.11 Å². The van der Waals surface area contributed by atoms with E-state index in [0.29, 0.717) is 11.8 Å². The van der Waals surface area contributed by atoms with Crippen LogP contribution in [0.4, 0.5) is 0 Å². The van der Waals surface area contributed by atoms with Gasteiger partial charge in [0.15, 0.2) is 0 Å². The summed E-state index contributed by atoms with van der Waals surface area (Å²) in [6, 6.07) is 0. The Hall–Kier alpha value is -0.300. The van der Waals surface area contributed by atoms with Gasteiger partial charge in [-0.3, -0.25) is 0 Å². The second-order valence-corrected chi connectivity index (χ2v) is 3.72. The van der Waals surface area contributed by atoms with Gasteiger partial charge in [-0.2, -0.15) is 0 Å². The first kappa shape index (κ1) is 10.7. The maximum absolute atomic E-state index is 8.94. The second-order valence-electron chi connectivity index (χ2n) is 3.72. The minimum absolute atomic E-state index is 0.213. The quantitative estimate of drug-likeness (QED) is 0.620. The largest absolute Gasteiger partial charge is 0.392 e. The SMILES string of the molecule is CC(C)C/C=C(\CO)C(C)C. The van der Waals surface area contributed by atoms with E-state index in [2.05, 4.69) is 33.8 Å². The average Bonchev–Trinajstić information content (AvgIpc) is 1.87. The summed E-state index contributed by atoms with van der Waals surface area (Å²) in [5, 5.41) is 8.94. The molecule has 1 heteroatoms. The lowest BCUT2D eigenvalue weighted by Gasteiger charge is -2.08. The average molecular weight is 156 g/mol. The molecule has 0 aromatic carbocycles. The van der Waals surface area contributed by atoms with Crippen LogP contribution in [0.5, 0.6) is 0 Å². The first-order chi connectivity index (χ1) is 5.07. The summed E-state index contributed by atoms with van der Waals surface area (Å²) in [7, 11) is 0. The topological polar surface area (TPSA) is 20.2 Å². The minimum Gasteiger partial charge on any atom is -0.392 e. The molecule has 1 N–H and O–H groups in total. The van der Waals surface area contributed by atoms with E-state index in [1.54, 1.807) is 0 Å². The predicted octanol–water partition coefficient (Wildman–Crippen LogP) is 2.61. The zero-order chi connectivity index (χ0) is 8.85. The van der Waals surface area contributed by atoms with Crippen LogP contribution < -0.4 is 0 Å². The Kier molecular flexibility index (Phi) is 5.22. The highest BCUT2D eigenvalue weighted by Crippen LogP contribution is 2.11. The van der Waals surface area contributed by atoms with Gasteiger partial charge in [-0.05, 0) is 23.8 Å². The van der Waals surface area contributed by atoms with Crippen LogP contribution >= 0.6 is 0 Å². The fraction of sp³-hybridized carbons (Fsp3) is 0.800. The van der Waals surface area contributed by atoms with E-state index in [-0.39, 0.29) is 6.61 Å². The molecule has 0 saturated heterocycles. The van der Waals surface area contributed by atoms with Gasteiger partial charge in [0, 0.05) is 0 Å². The summed E-state index contributed by atoms with van der Waals surface area (Å²) < 4.78 is 0. The summed E-state index contributed by atoms with van der Waals surface area (Å²) in [4.78, 5) is 0. The van der Waals surface area contributed by atoms with Crippen LogP contribution in [0.25, 0.3) is 0 Å². The lowest BCUT2D eigenvalue weighted by atomic mass is 10.0.